The van der Waals surface area contributed by atoms with Crippen molar-refractivity contribution in [3.05, 3.63) is 23.8 Å². The third-order valence-corrected chi connectivity index (χ3v) is 3.05. The number of nitrogens with two attached hydrogens (primary N) is 2. The van der Waals surface area contributed by atoms with Crippen molar-refractivity contribution in [2.24, 2.45) is 4.99 Å². The summed E-state index contributed by atoms with van der Waals surface area (Å²) in [5, 5.41) is 3.39. The summed E-state index contributed by atoms with van der Waals surface area (Å²) in [4.78, 5) is 15.9. The maximum atomic E-state index is 11.8. The molecule has 1 aliphatic rings. The van der Waals surface area contributed by atoms with Crippen LogP contribution in [-0.4, -0.2) is 23.4 Å². The Bertz CT molecular complexity index is 458. The number of nitrogens with one attached hydrogen (secondary N) is 1. The van der Waals surface area contributed by atoms with Crippen molar-refractivity contribution in [2.75, 3.05) is 23.8 Å². The molecule has 0 spiro atoms. The van der Waals surface area contributed by atoms with Gasteiger partial charge in [0.15, 0.2) is 5.17 Å². The van der Waals surface area contributed by atoms with Crippen molar-refractivity contribution in [2.45, 2.75) is 0 Å². The smallest absolute Gasteiger partial charge is 0.257 e. The quantitative estimate of drug-likeness (QED) is 0.625. The van der Waals surface area contributed by atoms with Crippen LogP contribution in [-0.2, 0) is 0 Å². The van der Waals surface area contributed by atoms with Crippen molar-refractivity contribution in [3.8, 4) is 0 Å². The first kappa shape index (κ1) is 10.8. The highest BCUT2D eigenvalue weighted by Crippen LogP contribution is 2.16. The number of amides is 1. The molecule has 0 fully saturated rings. The van der Waals surface area contributed by atoms with E-state index in [0.717, 1.165) is 12.3 Å². The minimum absolute atomic E-state index is 0.208. The van der Waals surface area contributed by atoms with E-state index in [1.54, 1.807) is 18.2 Å². The number of hydrogen-bond donors (Lipinski definition) is 3. The monoisotopic (exact) mass is 236 g/mol. The lowest BCUT2D eigenvalue weighted by atomic mass is 10.1. The van der Waals surface area contributed by atoms with E-state index in [1.807, 2.05) is 0 Å². The Morgan fingerprint density at radius 3 is 2.81 bits per heavy atom. The average Bonchev–Trinajstić information content (AvgIpc) is 2.74. The molecule has 0 unspecified atom stereocenters. The Hall–Kier alpha value is -1.69. The van der Waals surface area contributed by atoms with Gasteiger partial charge < -0.3 is 16.8 Å². The molecule has 1 heterocycles. The topological polar surface area (TPSA) is 93.5 Å². The normalized spacial score (nSPS) is 14.6. The first-order valence-corrected chi connectivity index (χ1v) is 5.79. The lowest BCUT2D eigenvalue weighted by Crippen LogP contribution is -2.27. The molecule has 84 valence electrons. The second-order valence-electron chi connectivity index (χ2n) is 3.33. The lowest BCUT2D eigenvalue weighted by Gasteiger charge is -2.05. The zero-order valence-electron chi connectivity index (χ0n) is 8.56. The molecule has 16 heavy (non-hydrogen) atoms. The Morgan fingerprint density at radius 2 is 2.19 bits per heavy atom. The van der Waals surface area contributed by atoms with E-state index in [2.05, 4.69) is 10.3 Å². The molecule has 0 atom stereocenters. The maximum absolute atomic E-state index is 11.8. The fourth-order valence-electron chi connectivity index (χ4n) is 1.30. The summed E-state index contributed by atoms with van der Waals surface area (Å²) in [5.74, 6) is 0.708. The molecule has 5 N–H and O–H groups in total. The number of aliphatic imine (C=N–C) groups is 1. The van der Waals surface area contributed by atoms with Crippen LogP contribution in [0.2, 0.25) is 0 Å². The molecular formula is C10H12N4OS. The van der Waals surface area contributed by atoms with Gasteiger partial charge in [-0.3, -0.25) is 9.79 Å². The maximum Gasteiger partial charge on any atom is 0.257 e. The van der Waals surface area contributed by atoms with E-state index < -0.39 is 0 Å². The van der Waals surface area contributed by atoms with Crippen LogP contribution in [0.15, 0.2) is 23.2 Å². The SMILES string of the molecule is Nc1ccc(C(=O)NC2=NCCS2)cc1N. The van der Waals surface area contributed by atoms with Gasteiger partial charge in [0.05, 0.1) is 17.9 Å². The van der Waals surface area contributed by atoms with Crippen LogP contribution in [0.3, 0.4) is 0 Å². The molecule has 0 aromatic heterocycles. The first-order chi connectivity index (χ1) is 7.66. The van der Waals surface area contributed by atoms with Gasteiger partial charge in [0.1, 0.15) is 0 Å². The predicted molar refractivity (Wildman–Crippen MR) is 67.5 cm³/mol. The Balaban J connectivity index is 2.11. The number of carbonyl (C=O) groups excluding carboxylic acids is 1. The Labute approximate surface area is 97.3 Å². The summed E-state index contributed by atoms with van der Waals surface area (Å²) in [7, 11) is 0. The molecule has 1 aromatic rings. The second-order valence-corrected chi connectivity index (χ2v) is 4.42. The van der Waals surface area contributed by atoms with Crippen LogP contribution in [0.4, 0.5) is 11.4 Å². The van der Waals surface area contributed by atoms with Crippen molar-refractivity contribution in [1.82, 2.24) is 5.32 Å². The van der Waals surface area contributed by atoms with Crippen molar-refractivity contribution in [3.63, 3.8) is 0 Å². The van der Waals surface area contributed by atoms with Crippen molar-refractivity contribution < 1.29 is 4.79 Å². The third-order valence-electron chi connectivity index (χ3n) is 2.15. The third kappa shape index (κ3) is 2.27. The fourth-order valence-corrected chi connectivity index (χ4v) is 2.02. The minimum atomic E-state index is -0.208. The van der Waals surface area contributed by atoms with E-state index in [9.17, 15) is 4.79 Å². The molecule has 1 amide bonds. The summed E-state index contributed by atoms with van der Waals surface area (Å²) in [6.45, 7) is 0.754. The van der Waals surface area contributed by atoms with Crippen molar-refractivity contribution in [1.29, 1.82) is 0 Å². The highest BCUT2D eigenvalue weighted by molar-refractivity contribution is 8.14. The zero-order chi connectivity index (χ0) is 11.5. The summed E-state index contributed by atoms with van der Waals surface area (Å²) >= 11 is 1.53. The minimum Gasteiger partial charge on any atom is -0.397 e. The number of benzene rings is 1. The summed E-state index contributed by atoms with van der Waals surface area (Å²) < 4.78 is 0. The van der Waals surface area contributed by atoms with Crippen LogP contribution >= 0.6 is 11.8 Å². The van der Waals surface area contributed by atoms with Gasteiger partial charge in [0, 0.05) is 11.3 Å². The highest BCUT2D eigenvalue weighted by atomic mass is 32.2. The molecule has 0 saturated carbocycles. The Morgan fingerprint density at radius 1 is 1.38 bits per heavy atom. The number of hydrogen-bond acceptors (Lipinski definition) is 5. The van der Waals surface area contributed by atoms with E-state index in [0.29, 0.717) is 22.1 Å². The molecule has 2 rings (SSSR count). The number of carbonyl (C=O) groups is 1. The van der Waals surface area contributed by atoms with Gasteiger partial charge in [-0.2, -0.15) is 0 Å². The number of nitrogens with zero attached hydrogens (tertiary/aromatic N) is 1. The highest BCUT2D eigenvalue weighted by Gasteiger charge is 2.12. The average molecular weight is 236 g/mol. The van der Waals surface area contributed by atoms with Gasteiger partial charge in [0.25, 0.3) is 5.91 Å². The fraction of sp³-hybridized carbons (Fsp3) is 0.200. The van der Waals surface area contributed by atoms with Crippen LogP contribution in [0.5, 0.6) is 0 Å². The number of nitrogen functional groups attached to an aromatic ring is 2. The second kappa shape index (κ2) is 4.44. The van der Waals surface area contributed by atoms with Gasteiger partial charge in [0.2, 0.25) is 0 Å². The first-order valence-electron chi connectivity index (χ1n) is 4.80. The molecule has 1 aromatic carbocycles. The van der Waals surface area contributed by atoms with E-state index >= 15 is 0 Å². The summed E-state index contributed by atoms with van der Waals surface area (Å²) in [5.41, 5.74) is 12.6. The number of thioether (sulfide) groups is 1. The van der Waals surface area contributed by atoms with Crippen LogP contribution < -0.4 is 16.8 Å². The van der Waals surface area contributed by atoms with E-state index in [1.165, 1.54) is 11.8 Å². The molecule has 6 heteroatoms. The van der Waals surface area contributed by atoms with Gasteiger partial charge in [-0.25, -0.2) is 0 Å². The van der Waals surface area contributed by atoms with Crippen molar-refractivity contribution >= 4 is 34.2 Å². The molecule has 0 saturated heterocycles. The Kier molecular flexibility index (Phi) is 3.00. The molecule has 0 aliphatic carbocycles. The van der Waals surface area contributed by atoms with Gasteiger partial charge in [-0.15, -0.1) is 0 Å². The number of amidine groups is 1. The lowest BCUT2D eigenvalue weighted by molar-refractivity contribution is 0.0978. The van der Waals surface area contributed by atoms with Gasteiger partial charge >= 0.3 is 0 Å². The van der Waals surface area contributed by atoms with E-state index in [-0.39, 0.29) is 5.91 Å². The van der Waals surface area contributed by atoms with Crippen LogP contribution in [0.25, 0.3) is 0 Å². The van der Waals surface area contributed by atoms with Crippen LogP contribution in [0, 0.1) is 0 Å². The zero-order valence-corrected chi connectivity index (χ0v) is 9.38. The molecule has 5 nitrogen and oxygen atoms in total. The molecule has 1 aliphatic heterocycles. The standard InChI is InChI=1S/C10H12N4OS/c11-7-2-1-6(5-8(7)12)9(15)14-10-13-3-4-16-10/h1-2,5H,3-4,11-12H2,(H,13,14,15). The van der Waals surface area contributed by atoms with Gasteiger partial charge in [-0.05, 0) is 18.2 Å². The predicted octanol–water partition coefficient (Wildman–Crippen LogP) is 0.684. The number of anilines is 2. The molecular weight excluding hydrogens is 224 g/mol. The summed E-state index contributed by atoms with van der Waals surface area (Å²) in [6.07, 6.45) is 0. The largest absolute Gasteiger partial charge is 0.397 e. The molecule has 0 radical (unpaired) electrons. The van der Waals surface area contributed by atoms with Gasteiger partial charge in [-0.1, -0.05) is 11.8 Å². The van der Waals surface area contributed by atoms with Crippen LogP contribution in [0.1, 0.15) is 10.4 Å². The molecule has 0 bridgehead atoms. The number of rotatable bonds is 1. The van der Waals surface area contributed by atoms with E-state index in [4.69, 9.17) is 11.5 Å². The summed E-state index contributed by atoms with van der Waals surface area (Å²) in [6, 6.07) is 4.82.